The maximum absolute atomic E-state index is 13.4. The normalized spacial score (nSPS) is 46.9. The zero-order chi connectivity index (χ0) is 33.0. The minimum Gasteiger partial charge on any atom is -0.481 e. The predicted octanol–water partition coefficient (Wildman–Crippen LogP) is 6.31. The van der Waals surface area contributed by atoms with Crippen LogP contribution in [0, 0.1) is 56.7 Å². The number of tetrazole rings is 1. The number of carboxylic acids is 1. The highest BCUT2D eigenvalue weighted by atomic mass is 16.5. The van der Waals surface area contributed by atoms with Crippen molar-refractivity contribution < 1.29 is 19.4 Å². The summed E-state index contributed by atoms with van der Waals surface area (Å²) in [6.07, 6.45) is 9.56. The first-order chi connectivity index (χ1) is 20.9. The summed E-state index contributed by atoms with van der Waals surface area (Å²) in [5, 5.41) is 24.2. The smallest absolute Gasteiger partial charge is 0.307 e. The Balaban J connectivity index is 1.48. The van der Waals surface area contributed by atoms with Crippen LogP contribution >= 0.6 is 0 Å². The van der Waals surface area contributed by atoms with E-state index in [1.165, 1.54) is 11.9 Å². The molecule has 12 atom stereocenters. The van der Waals surface area contributed by atoms with Crippen LogP contribution in [0.5, 0.6) is 0 Å². The standard InChI is InChI=1S/C36H59N5O4/c1-21(2)22(3)32(7)15-16-34(9)24-11-12-27-33(8)19-44-23(4)36(27,25(24)13-14-35(34,10)28(32)30(42)43)17-26(41-39-20-38-40-41)29(33)45-18-31(5,6)37/h13,20-24,26-29H,11-12,14-19,37H2,1-10H3,(H,42,43)/t22-,23+,24+,26-,27+,28-,29+,32-,33-,34-,35+,36+/m1/s1. The fourth-order valence-corrected chi connectivity index (χ4v) is 12.1. The zero-order valence-electron chi connectivity index (χ0n) is 29.5. The average Bonchev–Trinajstić information content (AvgIpc) is 3.49. The van der Waals surface area contributed by atoms with Crippen LogP contribution in [0.3, 0.4) is 0 Å². The molecule has 2 bridgehead atoms. The van der Waals surface area contributed by atoms with Gasteiger partial charge in [0.1, 0.15) is 6.04 Å². The van der Waals surface area contributed by atoms with Crippen LogP contribution in [0.4, 0.5) is 0 Å². The second-order valence-electron chi connectivity index (χ2n) is 17.9. The summed E-state index contributed by atoms with van der Waals surface area (Å²) in [7, 11) is 0. The van der Waals surface area contributed by atoms with Crippen molar-refractivity contribution in [2.75, 3.05) is 13.2 Å². The summed E-state index contributed by atoms with van der Waals surface area (Å²) in [5.41, 5.74) is 6.23. The summed E-state index contributed by atoms with van der Waals surface area (Å²) in [4.78, 5) is 15.2. The van der Waals surface area contributed by atoms with Crippen LogP contribution in [-0.2, 0) is 14.3 Å². The van der Waals surface area contributed by atoms with Gasteiger partial charge in [-0.05, 0) is 104 Å². The van der Waals surface area contributed by atoms with Crippen LogP contribution in [0.2, 0.25) is 0 Å². The molecule has 3 saturated carbocycles. The van der Waals surface area contributed by atoms with E-state index in [4.69, 9.17) is 15.2 Å². The van der Waals surface area contributed by atoms with Gasteiger partial charge in [0.15, 0.2) is 6.33 Å². The minimum atomic E-state index is -0.623. The number of allylic oxidation sites excluding steroid dienone is 1. The molecule has 5 aliphatic rings. The van der Waals surface area contributed by atoms with Gasteiger partial charge in [0, 0.05) is 16.4 Å². The molecule has 45 heavy (non-hydrogen) atoms. The molecule has 0 unspecified atom stereocenters. The second kappa shape index (κ2) is 10.6. The fourth-order valence-electron chi connectivity index (χ4n) is 12.1. The van der Waals surface area contributed by atoms with Crippen LogP contribution < -0.4 is 5.73 Å². The minimum absolute atomic E-state index is 0.0144. The third-order valence-electron chi connectivity index (χ3n) is 14.9. The van der Waals surface area contributed by atoms with Gasteiger partial charge in [0.25, 0.3) is 0 Å². The van der Waals surface area contributed by atoms with Gasteiger partial charge < -0.3 is 20.3 Å². The Morgan fingerprint density at radius 2 is 1.89 bits per heavy atom. The van der Waals surface area contributed by atoms with Gasteiger partial charge in [-0.15, -0.1) is 10.2 Å². The van der Waals surface area contributed by atoms with E-state index in [0.29, 0.717) is 36.9 Å². The molecule has 3 N–H and O–H groups in total. The van der Waals surface area contributed by atoms with Crippen LogP contribution in [0.1, 0.15) is 114 Å². The molecule has 0 amide bonds. The summed E-state index contributed by atoms with van der Waals surface area (Å²) in [5.74, 6) is 0.372. The van der Waals surface area contributed by atoms with E-state index in [0.717, 1.165) is 38.5 Å². The van der Waals surface area contributed by atoms with Crippen molar-refractivity contribution >= 4 is 5.97 Å². The molecule has 4 aliphatic carbocycles. The molecule has 1 aliphatic heterocycles. The molecule has 0 aromatic carbocycles. The number of aromatic nitrogens is 4. The van der Waals surface area contributed by atoms with Crippen molar-refractivity contribution in [1.29, 1.82) is 0 Å². The van der Waals surface area contributed by atoms with Crippen molar-refractivity contribution in [1.82, 2.24) is 20.2 Å². The molecule has 1 aromatic rings. The van der Waals surface area contributed by atoms with Crippen molar-refractivity contribution in [3.8, 4) is 0 Å². The van der Waals surface area contributed by atoms with E-state index in [1.807, 2.05) is 13.8 Å². The molecular formula is C36H59N5O4. The maximum Gasteiger partial charge on any atom is 0.307 e. The van der Waals surface area contributed by atoms with Gasteiger partial charge in [-0.1, -0.05) is 60.1 Å². The van der Waals surface area contributed by atoms with Crippen LogP contribution in [0.25, 0.3) is 0 Å². The van der Waals surface area contributed by atoms with Crippen molar-refractivity contribution in [3.05, 3.63) is 18.0 Å². The highest BCUT2D eigenvalue weighted by Gasteiger charge is 2.73. The monoisotopic (exact) mass is 625 g/mol. The Hall–Kier alpha value is -1.84. The van der Waals surface area contributed by atoms with Crippen molar-refractivity contribution in [3.63, 3.8) is 0 Å². The number of carbonyl (C=O) groups is 1. The number of nitrogens with zero attached hydrogens (tertiary/aromatic N) is 4. The Kier molecular flexibility index (Phi) is 7.78. The van der Waals surface area contributed by atoms with E-state index < -0.39 is 17.4 Å². The van der Waals surface area contributed by atoms with Crippen LogP contribution in [0.15, 0.2) is 18.0 Å². The number of hydrogen-bond acceptors (Lipinski definition) is 7. The molecule has 0 spiro atoms. The number of rotatable bonds is 7. The van der Waals surface area contributed by atoms with Gasteiger partial charge >= 0.3 is 5.97 Å². The van der Waals surface area contributed by atoms with Crippen molar-refractivity contribution in [2.24, 2.45) is 62.4 Å². The zero-order valence-corrected chi connectivity index (χ0v) is 29.5. The van der Waals surface area contributed by atoms with Gasteiger partial charge in [0.05, 0.1) is 31.3 Å². The molecule has 252 valence electrons. The highest BCUT2D eigenvalue weighted by Crippen LogP contribution is 2.76. The van der Waals surface area contributed by atoms with Gasteiger partial charge in [0.2, 0.25) is 0 Å². The van der Waals surface area contributed by atoms with Crippen molar-refractivity contribution in [2.45, 2.75) is 132 Å². The molecule has 6 rings (SSSR count). The fraction of sp³-hybridized carbons (Fsp3) is 0.889. The van der Waals surface area contributed by atoms with E-state index in [2.05, 4.69) is 76.9 Å². The summed E-state index contributed by atoms with van der Waals surface area (Å²) in [6, 6.07) is -0.114. The van der Waals surface area contributed by atoms with E-state index in [1.54, 1.807) is 4.80 Å². The van der Waals surface area contributed by atoms with E-state index in [9.17, 15) is 9.90 Å². The third kappa shape index (κ3) is 4.48. The average molecular weight is 626 g/mol. The molecule has 2 heterocycles. The lowest BCUT2D eigenvalue weighted by Gasteiger charge is -2.72. The van der Waals surface area contributed by atoms with E-state index >= 15 is 0 Å². The number of nitrogens with two attached hydrogens (primary N) is 1. The Labute approximate surface area is 270 Å². The molecular weight excluding hydrogens is 566 g/mol. The first-order valence-electron chi connectivity index (χ1n) is 17.5. The molecule has 4 fully saturated rings. The molecule has 9 nitrogen and oxygen atoms in total. The summed E-state index contributed by atoms with van der Waals surface area (Å²) >= 11 is 0. The lowest BCUT2D eigenvalue weighted by atomic mass is 9.33. The molecule has 0 radical (unpaired) electrons. The second-order valence-corrected chi connectivity index (χ2v) is 17.9. The number of fused-ring (bicyclic) bond motifs is 3. The predicted molar refractivity (Wildman–Crippen MR) is 173 cm³/mol. The number of carboxylic acid groups (broad SMARTS) is 1. The lowest BCUT2D eigenvalue weighted by molar-refractivity contribution is -0.274. The molecule has 9 heteroatoms. The third-order valence-corrected chi connectivity index (χ3v) is 14.9. The van der Waals surface area contributed by atoms with Crippen LogP contribution in [-0.4, -0.2) is 62.2 Å². The summed E-state index contributed by atoms with van der Waals surface area (Å²) in [6.45, 7) is 23.5. The molecule has 1 saturated heterocycles. The van der Waals surface area contributed by atoms with E-state index in [-0.39, 0.29) is 45.3 Å². The van der Waals surface area contributed by atoms with Gasteiger partial charge in [-0.3, -0.25) is 4.79 Å². The number of aliphatic carboxylic acids is 1. The van der Waals surface area contributed by atoms with Gasteiger partial charge in [-0.25, -0.2) is 0 Å². The van der Waals surface area contributed by atoms with Gasteiger partial charge in [-0.2, -0.15) is 4.80 Å². The maximum atomic E-state index is 13.4. The lowest BCUT2D eigenvalue weighted by Crippen LogP contribution is -2.71. The topological polar surface area (TPSA) is 125 Å². The Morgan fingerprint density at radius 1 is 1.18 bits per heavy atom. The Bertz CT molecular complexity index is 1320. The first kappa shape index (κ1) is 33.1. The quantitative estimate of drug-likeness (QED) is 0.338. The Morgan fingerprint density at radius 3 is 2.49 bits per heavy atom. The largest absolute Gasteiger partial charge is 0.481 e. The molecule has 1 aromatic heterocycles. The SMILES string of the molecule is CC(C)[C@@H](C)[C@@]1(C)CC[C@]2(C)[C@H]3CC[C@H]4[C@@]5(C)CO[C@@H](C)[C@@]4(C[C@@H](n4ncnn4)[C@@H]5OCC(C)(C)N)C3=CC[C@@]2(C)[C@@H]1C(=O)O. The highest BCUT2D eigenvalue weighted by molar-refractivity contribution is 5.73. The first-order valence-corrected chi connectivity index (χ1v) is 17.5. The summed E-state index contributed by atoms with van der Waals surface area (Å²) < 4.78 is 13.6. The number of hydrogen-bond donors (Lipinski definition) is 2. The number of ether oxygens (including phenoxy) is 2.